The maximum Gasteiger partial charge on any atom is 0.251 e. The highest BCUT2D eigenvalue weighted by atomic mass is 35.5. The maximum atomic E-state index is 11.8. The molecule has 98 valence electrons. The predicted molar refractivity (Wildman–Crippen MR) is 76.7 cm³/mol. The van der Waals surface area contributed by atoms with Crippen LogP contribution in [0.5, 0.6) is 0 Å². The van der Waals surface area contributed by atoms with Crippen molar-refractivity contribution in [3.05, 3.63) is 63.9 Å². The van der Waals surface area contributed by atoms with Crippen LogP contribution in [0.2, 0.25) is 10.2 Å². The van der Waals surface area contributed by atoms with Gasteiger partial charge in [-0.3, -0.25) is 4.79 Å². The summed E-state index contributed by atoms with van der Waals surface area (Å²) in [6.07, 6.45) is 2.24. The van der Waals surface area contributed by atoms with Crippen LogP contribution in [0.25, 0.3) is 0 Å². The van der Waals surface area contributed by atoms with Gasteiger partial charge < -0.3 is 5.32 Å². The number of nitrogens with zero attached hydrogens (tertiary/aromatic N) is 1. The molecule has 1 heterocycles. The van der Waals surface area contributed by atoms with E-state index in [9.17, 15) is 4.79 Å². The molecule has 2 rings (SSSR count). The van der Waals surface area contributed by atoms with E-state index in [1.807, 2.05) is 24.3 Å². The summed E-state index contributed by atoms with van der Waals surface area (Å²) in [5, 5.41) is 3.83. The fourth-order valence-electron chi connectivity index (χ4n) is 1.66. The second-order valence-electron chi connectivity index (χ2n) is 4.00. The summed E-state index contributed by atoms with van der Waals surface area (Å²) >= 11 is 11.6. The number of carbonyl (C=O) groups excluding carboxylic acids is 1. The van der Waals surface area contributed by atoms with Crippen molar-refractivity contribution in [3.8, 4) is 0 Å². The predicted octanol–water partition coefficient (Wildman–Crippen LogP) is 3.36. The van der Waals surface area contributed by atoms with Gasteiger partial charge in [-0.1, -0.05) is 35.3 Å². The molecule has 0 radical (unpaired) electrons. The van der Waals surface area contributed by atoms with Crippen molar-refractivity contribution < 1.29 is 4.79 Å². The number of carbonyl (C=O) groups is 1. The average Bonchev–Trinajstić information content (AvgIpc) is 2.38. The third-order valence-electron chi connectivity index (χ3n) is 2.58. The van der Waals surface area contributed by atoms with E-state index in [2.05, 4.69) is 10.3 Å². The average molecular weight is 295 g/mol. The van der Waals surface area contributed by atoms with Gasteiger partial charge in [-0.2, -0.15) is 0 Å². The molecule has 1 aromatic carbocycles. The standard InChI is InChI=1S/C14H12Cl2N2O/c15-12-3-1-2-10(8-12)4-6-18-14(19)11-5-7-17-13(16)9-11/h1-3,5,7-9H,4,6H2,(H,18,19). The van der Waals surface area contributed by atoms with Crippen molar-refractivity contribution in [3.63, 3.8) is 0 Å². The summed E-state index contributed by atoms with van der Waals surface area (Å²) in [6.45, 7) is 0.541. The molecule has 0 bridgehead atoms. The lowest BCUT2D eigenvalue weighted by Crippen LogP contribution is -2.25. The second-order valence-corrected chi connectivity index (χ2v) is 4.83. The SMILES string of the molecule is O=C(NCCc1cccc(Cl)c1)c1ccnc(Cl)c1. The Hall–Kier alpha value is -1.58. The maximum absolute atomic E-state index is 11.8. The van der Waals surface area contributed by atoms with Gasteiger partial charge in [0.15, 0.2) is 0 Å². The summed E-state index contributed by atoms with van der Waals surface area (Å²) in [5.41, 5.74) is 1.59. The highest BCUT2D eigenvalue weighted by Gasteiger charge is 2.05. The summed E-state index contributed by atoms with van der Waals surface area (Å²) in [6, 6.07) is 10.7. The normalized spacial score (nSPS) is 10.2. The van der Waals surface area contributed by atoms with E-state index < -0.39 is 0 Å². The van der Waals surface area contributed by atoms with Crippen LogP contribution in [0.4, 0.5) is 0 Å². The van der Waals surface area contributed by atoms with Gasteiger partial charge in [0.25, 0.3) is 5.91 Å². The third kappa shape index (κ3) is 4.23. The minimum atomic E-state index is -0.161. The smallest absolute Gasteiger partial charge is 0.251 e. The third-order valence-corrected chi connectivity index (χ3v) is 3.02. The van der Waals surface area contributed by atoms with E-state index in [-0.39, 0.29) is 5.91 Å². The molecule has 0 aliphatic rings. The minimum Gasteiger partial charge on any atom is -0.352 e. The fraction of sp³-hybridized carbons (Fsp3) is 0.143. The van der Waals surface area contributed by atoms with Crippen molar-refractivity contribution in [2.75, 3.05) is 6.54 Å². The van der Waals surface area contributed by atoms with Crippen molar-refractivity contribution in [2.24, 2.45) is 0 Å². The first-order valence-electron chi connectivity index (χ1n) is 5.79. The summed E-state index contributed by atoms with van der Waals surface area (Å²) < 4.78 is 0. The van der Waals surface area contributed by atoms with Gasteiger partial charge in [0.05, 0.1) is 0 Å². The molecular weight excluding hydrogens is 283 g/mol. The Morgan fingerprint density at radius 2 is 2.05 bits per heavy atom. The van der Waals surface area contributed by atoms with Gasteiger partial charge in [0.2, 0.25) is 0 Å². The van der Waals surface area contributed by atoms with Crippen LogP contribution in [-0.4, -0.2) is 17.4 Å². The summed E-state index contributed by atoms with van der Waals surface area (Å²) in [4.78, 5) is 15.7. The van der Waals surface area contributed by atoms with Gasteiger partial charge >= 0.3 is 0 Å². The highest BCUT2D eigenvalue weighted by molar-refractivity contribution is 6.30. The minimum absolute atomic E-state index is 0.161. The number of amides is 1. The van der Waals surface area contributed by atoms with Crippen LogP contribution in [0, 0.1) is 0 Å². The molecule has 0 atom stereocenters. The lowest BCUT2D eigenvalue weighted by atomic mass is 10.1. The Bertz CT molecular complexity index is 587. The molecule has 0 aliphatic carbocycles. The number of aromatic nitrogens is 1. The monoisotopic (exact) mass is 294 g/mol. The van der Waals surface area contributed by atoms with Crippen LogP contribution in [0.1, 0.15) is 15.9 Å². The molecule has 1 amide bonds. The molecule has 5 heteroatoms. The number of nitrogens with one attached hydrogen (secondary N) is 1. The lowest BCUT2D eigenvalue weighted by Gasteiger charge is -2.05. The van der Waals surface area contributed by atoms with Crippen molar-refractivity contribution in [1.29, 1.82) is 0 Å². The molecule has 1 aromatic heterocycles. The van der Waals surface area contributed by atoms with E-state index in [0.29, 0.717) is 22.3 Å². The van der Waals surface area contributed by atoms with Crippen molar-refractivity contribution in [1.82, 2.24) is 10.3 Å². The zero-order chi connectivity index (χ0) is 13.7. The first kappa shape index (κ1) is 13.8. The summed E-state index contributed by atoms with van der Waals surface area (Å²) in [7, 11) is 0. The Morgan fingerprint density at radius 1 is 1.21 bits per heavy atom. The number of hydrogen-bond donors (Lipinski definition) is 1. The number of halogens is 2. The zero-order valence-electron chi connectivity index (χ0n) is 10.1. The Kier molecular flexibility index (Phi) is 4.77. The quantitative estimate of drug-likeness (QED) is 0.879. The van der Waals surface area contributed by atoms with Crippen LogP contribution in [-0.2, 0) is 6.42 Å². The van der Waals surface area contributed by atoms with Crippen LogP contribution in [0.15, 0.2) is 42.6 Å². The molecule has 19 heavy (non-hydrogen) atoms. The Labute approximate surface area is 121 Å². The lowest BCUT2D eigenvalue weighted by molar-refractivity contribution is 0.0954. The topological polar surface area (TPSA) is 42.0 Å². The van der Waals surface area contributed by atoms with E-state index >= 15 is 0 Å². The largest absolute Gasteiger partial charge is 0.352 e. The zero-order valence-corrected chi connectivity index (χ0v) is 11.6. The number of hydrogen-bond acceptors (Lipinski definition) is 2. The molecular formula is C14H12Cl2N2O. The van der Waals surface area contributed by atoms with Crippen LogP contribution in [0.3, 0.4) is 0 Å². The van der Waals surface area contributed by atoms with Crippen molar-refractivity contribution >= 4 is 29.1 Å². The van der Waals surface area contributed by atoms with Gasteiger partial charge in [-0.25, -0.2) is 4.98 Å². The van der Waals surface area contributed by atoms with E-state index in [1.165, 1.54) is 12.3 Å². The number of rotatable bonds is 4. The Morgan fingerprint density at radius 3 is 2.79 bits per heavy atom. The van der Waals surface area contributed by atoms with E-state index in [4.69, 9.17) is 23.2 Å². The van der Waals surface area contributed by atoms with Gasteiger partial charge in [-0.15, -0.1) is 0 Å². The molecule has 0 saturated carbocycles. The highest BCUT2D eigenvalue weighted by Crippen LogP contribution is 2.11. The molecule has 0 unspecified atom stereocenters. The molecule has 3 nitrogen and oxygen atoms in total. The van der Waals surface area contributed by atoms with Gasteiger partial charge in [0.1, 0.15) is 5.15 Å². The Balaban J connectivity index is 1.87. The molecule has 1 N–H and O–H groups in total. The number of pyridine rings is 1. The first-order chi connectivity index (χ1) is 9.15. The number of benzene rings is 1. The molecule has 0 saturated heterocycles. The fourth-order valence-corrected chi connectivity index (χ4v) is 2.05. The van der Waals surface area contributed by atoms with E-state index in [0.717, 1.165) is 12.0 Å². The molecule has 0 fully saturated rings. The first-order valence-corrected chi connectivity index (χ1v) is 6.55. The van der Waals surface area contributed by atoms with Crippen LogP contribution >= 0.6 is 23.2 Å². The van der Waals surface area contributed by atoms with Gasteiger partial charge in [-0.05, 0) is 36.2 Å². The van der Waals surface area contributed by atoms with E-state index in [1.54, 1.807) is 6.07 Å². The van der Waals surface area contributed by atoms with Crippen LogP contribution < -0.4 is 5.32 Å². The van der Waals surface area contributed by atoms with Gasteiger partial charge in [0, 0.05) is 23.3 Å². The molecule has 2 aromatic rings. The summed E-state index contributed by atoms with van der Waals surface area (Å²) in [5.74, 6) is -0.161. The molecule has 0 aliphatic heterocycles. The van der Waals surface area contributed by atoms with Crippen molar-refractivity contribution in [2.45, 2.75) is 6.42 Å². The second kappa shape index (κ2) is 6.55. The molecule has 0 spiro atoms.